The lowest BCUT2D eigenvalue weighted by molar-refractivity contribution is 0.271. The maximum atomic E-state index is 6.32. The van der Waals surface area contributed by atoms with Crippen molar-refractivity contribution in [2.75, 3.05) is 19.6 Å². The van der Waals surface area contributed by atoms with Crippen LogP contribution >= 0.6 is 0 Å². The van der Waals surface area contributed by atoms with Crippen molar-refractivity contribution in [2.45, 2.75) is 52.5 Å². The average Bonchev–Trinajstić information content (AvgIpc) is 2.37. The molecular formula is C17H30N2. The zero-order chi connectivity index (χ0) is 14.5. The summed E-state index contributed by atoms with van der Waals surface area (Å²) in [6, 6.07) is 8.91. The third-order valence-corrected chi connectivity index (χ3v) is 3.65. The molecule has 2 N–H and O–H groups in total. The molecule has 1 unspecified atom stereocenters. The van der Waals surface area contributed by atoms with Gasteiger partial charge >= 0.3 is 0 Å². The summed E-state index contributed by atoms with van der Waals surface area (Å²) in [4.78, 5) is 2.42. The smallest absolute Gasteiger partial charge is 0.0424 e. The first-order valence-corrected chi connectivity index (χ1v) is 7.46. The van der Waals surface area contributed by atoms with E-state index in [1.54, 1.807) is 0 Å². The van der Waals surface area contributed by atoms with Gasteiger partial charge in [-0.1, -0.05) is 58.9 Å². The number of hydrogen-bond donors (Lipinski definition) is 1. The summed E-state index contributed by atoms with van der Waals surface area (Å²) in [7, 11) is 0. The van der Waals surface area contributed by atoms with Crippen LogP contribution in [0.15, 0.2) is 24.3 Å². The molecule has 0 radical (unpaired) electrons. The first-order chi connectivity index (χ1) is 8.88. The molecule has 0 saturated carbocycles. The lowest BCUT2D eigenvalue weighted by atomic mass is 9.86. The van der Waals surface area contributed by atoms with Crippen LogP contribution in [-0.2, 0) is 5.41 Å². The molecule has 0 heterocycles. The number of nitrogens with zero attached hydrogens (tertiary/aromatic N) is 1. The number of rotatable bonds is 6. The van der Waals surface area contributed by atoms with Crippen LogP contribution in [0.3, 0.4) is 0 Å². The van der Waals surface area contributed by atoms with Crippen molar-refractivity contribution in [2.24, 2.45) is 5.73 Å². The fraction of sp³-hybridized carbons (Fsp3) is 0.647. The molecule has 0 fully saturated rings. The van der Waals surface area contributed by atoms with E-state index in [4.69, 9.17) is 5.73 Å². The normalized spacial score (nSPS) is 13.8. The Labute approximate surface area is 119 Å². The van der Waals surface area contributed by atoms with Crippen molar-refractivity contribution < 1.29 is 0 Å². The standard InChI is InChI=1S/C17H30N2/c1-6-12-19(7-2)13-16(18)14-8-10-15(11-9-14)17(3,4)5/h8-11,16H,6-7,12-13,18H2,1-5H3. The number of nitrogens with two attached hydrogens (primary N) is 1. The Morgan fingerprint density at radius 3 is 2.11 bits per heavy atom. The van der Waals surface area contributed by atoms with Crippen molar-refractivity contribution in [3.8, 4) is 0 Å². The predicted octanol–water partition coefficient (Wildman–Crippen LogP) is 3.72. The second kappa shape index (κ2) is 7.06. The van der Waals surface area contributed by atoms with Crippen LogP contribution in [0.5, 0.6) is 0 Å². The second-order valence-corrected chi connectivity index (χ2v) is 6.37. The van der Waals surface area contributed by atoms with Crippen molar-refractivity contribution in [3.63, 3.8) is 0 Å². The maximum absolute atomic E-state index is 6.32. The third kappa shape index (κ3) is 4.96. The molecule has 0 saturated heterocycles. The van der Waals surface area contributed by atoms with Gasteiger partial charge in [0.15, 0.2) is 0 Å². The van der Waals surface area contributed by atoms with E-state index < -0.39 is 0 Å². The van der Waals surface area contributed by atoms with Gasteiger partial charge in [0, 0.05) is 12.6 Å². The molecule has 0 amide bonds. The first kappa shape index (κ1) is 16.2. The van der Waals surface area contributed by atoms with Crippen molar-refractivity contribution in [1.82, 2.24) is 4.90 Å². The van der Waals surface area contributed by atoms with E-state index in [-0.39, 0.29) is 11.5 Å². The van der Waals surface area contributed by atoms with Gasteiger partial charge in [0.2, 0.25) is 0 Å². The van der Waals surface area contributed by atoms with Gasteiger partial charge < -0.3 is 10.6 Å². The molecule has 2 heteroatoms. The van der Waals surface area contributed by atoms with E-state index in [9.17, 15) is 0 Å². The van der Waals surface area contributed by atoms with Crippen LogP contribution in [-0.4, -0.2) is 24.5 Å². The highest BCUT2D eigenvalue weighted by atomic mass is 15.1. The molecule has 1 aromatic carbocycles. The van der Waals surface area contributed by atoms with Crippen LogP contribution in [0.4, 0.5) is 0 Å². The Hall–Kier alpha value is -0.860. The highest BCUT2D eigenvalue weighted by Gasteiger charge is 2.15. The Kier molecular flexibility index (Phi) is 6.02. The topological polar surface area (TPSA) is 29.3 Å². The van der Waals surface area contributed by atoms with E-state index in [1.165, 1.54) is 17.5 Å². The fourth-order valence-electron chi connectivity index (χ4n) is 2.31. The van der Waals surface area contributed by atoms with Crippen LogP contribution in [0.2, 0.25) is 0 Å². The van der Waals surface area contributed by atoms with Gasteiger partial charge in [-0.05, 0) is 36.1 Å². The van der Waals surface area contributed by atoms with E-state index in [0.717, 1.165) is 19.6 Å². The fourth-order valence-corrected chi connectivity index (χ4v) is 2.31. The average molecular weight is 262 g/mol. The molecular weight excluding hydrogens is 232 g/mol. The Morgan fingerprint density at radius 1 is 1.11 bits per heavy atom. The van der Waals surface area contributed by atoms with E-state index in [0.29, 0.717) is 0 Å². The van der Waals surface area contributed by atoms with Gasteiger partial charge in [-0.2, -0.15) is 0 Å². The molecule has 0 aromatic heterocycles. The quantitative estimate of drug-likeness (QED) is 0.846. The number of benzene rings is 1. The second-order valence-electron chi connectivity index (χ2n) is 6.37. The highest BCUT2D eigenvalue weighted by molar-refractivity contribution is 5.29. The van der Waals surface area contributed by atoms with Gasteiger partial charge in [-0.15, -0.1) is 0 Å². The summed E-state index contributed by atoms with van der Waals surface area (Å²) in [5.74, 6) is 0. The zero-order valence-electron chi connectivity index (χ0n) is 13.2. The van der Waals surface area contributed by atoms with E-state index in [1.807, 2.05) is 0 Å². The molecule has 108 valence electrons. The summed E-state index contributed by atoms with van der Waals surface area (Å²) in [6.07, 6.45) is 1.18. The molecule has 1 rings (SSSR count). The first-order valence-electron chi connectivity index (χ1n) is 7.46. The lowest BCUT2D eigenvalue weighted by Crippen LogP contribution is -2.32. The number of likely N-dealkylation sites (N-methyl/N-ethyl adjacent to an activating group) is 1. The Morgan fingerprint density at radius 2 is 1.68 bits per heavy atom. The van der Waals surface area contributed by atoms with Crippen molar-refractivity contribution in [1.29, 1.82) is 0 Å². The Bertz CT molecular complexity index is 362. The highest BCUT2D eigenvalue weighted by Crippen LogP contribution is 2.23. The molecule has 1 atom stereocenters. The molecule has 0 bridgehead atoms. The minimum Gasteiger partial charge on any atom is -0.323 e. The molecule has 2 nitrogen and oxygen atoms in total. The summed E-state index contributed by atoms with van der Waals surface area (Å²) >= 11 is 0. The van der Waals surface area contributed by atoms with Gasteiger partial charge in [0.25, 0.3) is 0 Å². The van der Waals surface area contributed by atoms with Crippen LogP contribution < -0.4 is 5.73 Å². The minimum absolute atomic E-state index is 0.112. The molecule has 19 heavy (non-hydrogen) atoms. The van der Waals surface area contributed by atoms with Gasteiger partial charge in [-0.3, -0.25) is 0 Å². The summed E-state index contributed by atoms with van der Waals surface area (Å²) < 4.78 is 0. The molecule has 0 aliphatic heterocycles. The molecule has 0 spiro atoms. The molecule has 0 aliphatic rings. The van der Waals surface area contributed by atoms with Crippen molar-refractivity contribution >= 4 is 0 Å². The lowest BCUT2D eigenvalue weighted by Gasteiger charge is -2.25. The maximum Gasteiger partial charge on any atom is 0.0424 e. The van der Waals surface area contributed by atoms with Crippen LogP contribution in [0.1, 0.15) is 58.2 Å². The third-order valence-electron chi connectivity index (χ3n) is 3.65. The zero-order valence-corrected chi connectivity index (χ0v) is 13.2. The number of hydrogen-bond acceptors (Lipinski definition) is 2. The predicted molar refractivity (Wildman–Crippen MR) is 84.5 cm³/mol. The van der Waals surface area contributed by atoms with E-state index >= 15 is 0 Å². The Balaban J connectivity index is 2.69. The summed E-state index contributed by atoms with van der Waals surface area (Å²) in [5.41, 5.74) is 9.13. The van der Waals surface area contributed by atoms with Gasteiger partial charge in [0.05, 0.1) is 0 Å². The van der Waals surface area contributed by atoms with Gasteiger partial charge in [0.1, 0.15) is 0 Å². The van der Waals surface area contributed by atoms with Crippen LogP contribution in [0, 0.1) is 0 Å². The molecule has 1 aromatic rings. The van der Waals surface area contributed by atoms with Gasteiger partial charge in [-0.25, -0.2) is 0 Å². The molecule has 0 aliphatic carbocycles. The summed E-state index contributed by atoms with van der Waals surface area (Å²) in [6.45, 7) is 14.3. The minimum atomic E-state index is 0.112. The largest absolute Gasteiger partial charge is 0.323 e. The summed E-state index contributed by atoms with van der Waals surface area (Å²) in [5, 5.41) is 0. The van der Waals surface area contributed by atoms with Crippen molar-refractivity contribution in [3.05, 3.63) is 35.4 Å². The SMILES string of the molecule is CCCN(CC)CC(N)c1ccc(C(C)(C)C)cc1. The van der Waals surface area contributed by atoms with E-state index in [2.05, 4.69) is 63.8 Å². The monoisotopic (exact) mass is 262 g/mol. The van der Waals surface area contributed by atoms with Crippen LogP contribution in [0.25, 0.3) is 0 Å².